The van der Waals surface area contributed by atoms with Gasteiger partial charge in [0.1, 0.15) is 5.82 Å². The quantitative estimate of drug-likeness (QED) is 0.848. The van der Waals surface area contributed by atoms with Gasteiger partial charge in [-0.25, -0.2) is 9.37 Å². The number of halogens is 2. The van der Waals surface area contributed by atoms with Gasteiger partial charge in [0.15, 0.2) is 5.13 Å². The molecule has 0 aliphatic heterocycles. The molecule has 1 aromatic heterocycles. The van der Waals surface area contributed by atoms with Crippen molar-refractivity contribution in [1.29, 1.82) is 0 Å². The Bertz CT molecular complexity index is 430. The molecule has 0 saturated carbocycles. The molecule has 0 aliphatic carbocycles. The van der Waals surface area contributed by atoms with Gasteiger partial charge >= 0.3 is 0 Å². The van der Waals surface area contributed by atoms with Crippen molar-refractivity contribution in [2.75, 3.05) is 5.32 Å². The molecule has 0 unspecified atom stereocenters. The average Bonchev–Trinajstić information content (AvgIpc) is 2.62. The van der Waals surface area contributed by atoms with Crippen LogP contribution in [-0.2, 0) is 0 Å². The summed E-state index contributed by atoms with van der Waals surface area (Å²) in [7, 11) is 0. The number of nitrogens with zero attached hydrogens (tertiary/aromatic N) is 1. The number of hydrogen-bond acceptors (Lipinski definition) is 3. The third kappa shape index (κ3) is 2.02. The normalized spacial score (nSPS) is 10.1. The molecule has 72 valence electrons. The average molecular weight is 229 g/mol. The lowest BCUT2D eigenvalue weighted by molar-refractivity contribution is 0.628. The van der Waals surface area contributed by atoms with Crippen LogP contribution in [0.1, 0.15) is 0 Å². The van der Waals surface area contributed by atoms with Crippen molar-refractivity contribution >= 4 is 33.8 Å². The second-order valence-electron chi connectivity index (χ2n) is 2.59. The summed E-state index contributed by atoms with van der Waals surface area (Å²) in [5.41, 5.74) is 0.656. The molecule has 14 heavy (non-hydrogen) atoms. The Morgan fingerprint density at radius 2 is 2.29 bits per heavy atom. The summed E-state index contributed by atoms with van der Waals surface area (Å²) in [6.45, 7) is 0. The highest BCUT2D eigenvalue weighted by atomic mass is 35.5. The van der Waals surface area contributed by atoms with E-state index in [0.29, 0.717) is 10.7 Å². The van der Waals surface area contributed by atoms with E-state index in [1.54, 1.807) is 12.3 Å². The highest BCUT2D eigenvalue weighted by Crippen LogP contribution is 2.26. The molecule has 0 radical (unpaired) electrons. The van der Waals surface area contributed by atoms with Gasteiger partial charge in [0.25, 0.3) is 0 Å². The molecule has 0 aliphatic rings. The van der Waals surface area contributed by atoms with Crippen LogP contribution in [0.4, 0.5) is 15.2 Å². The molecule has 0 bridgehead atoms. The summed E-state index contributed by atoms with van der Waals surface area (Å²) in [5.74, 6) is -0.348. The summed E-state index contributed by atoms with van der Waals surface area (Å²) in [5, 5.41) is 5.92. The molecule has 5 heteroatoms. The zero-order chi connectivity index (χ0) is 9.97. The first kappa shape index (κ1) is 9.43. The maximum Gasteiger partial charge on any atom is 0.187 e. The van der Waals surface area contributed by atoms with E-state index in [1.807, 2.05) is 5.38 Å². The Morgan fingerprint density at radius 3 is 2.93 bits per heavy atom. The number of hydrogen-bond donors (Lipinski definition) is 1. The fourth-order valence-electron chi connectivity index (χ4n) is 0.991. The van der Waals surface area contributed by atoms with Gasteiger partial charge in [0.05, 0.1) is 10.7 Å². The number of rotatable bonds is 2. The standard InChI is InChI=1S/C9H6ClFN2S/c10-7-5-6(11)1-2-8(7)13-9-12-3-4-14-9/h1-5H,(H,12,13). The highest BCUT2D eigenvalue weighted by molar-refractivity contribution is 7.13. The van der Waals surface area contributed by atoms with Crippen LogP contribution < -0.4 is 5.32 Å². The van der Waals surface area contributed by atoms with E-state index >= 15 is 0 Å². The predicted molar refractivity (Wildman–Crippen MR) is 56.8 cm³/mol. The molecule has 0 atom stereocenters. The number of nitrogens with one attached hydrogen (secondary N) is 1. The monoisotopic (exact) mass is 228 g/mol. The molecule has 0 fully saturated rings. The van der Waals surface area contributed by atoms with E-state index in [9.17, 15) is 4.39 Å². The van der Waals surface area contributed by atoms with Gasteiger partial charge in [-0.15, -0.1) is 11.3 Å². The maximum atomic E-state index is 12.7. The number of anilines is 2. The first-order valence-electron chi connectivity index (χ1n) is 3.87. The zero-order valence-electron chi connectivity index (χ0n) is 7.00. The first-order chi connectivity index (χ1) is 6.75. The van der Waals surface area contributed by atoms with Gasteiger partial charge in [-0.1, -0.05) is 11.6 Å². The van der Waals surface area contributed by atoms with Gasteiger partial charge in [0.2, 0.25) is 0 Å². The number of thiazole rings is 1. The Hall–Kier alpha value is -1.13. The van der Waals surface area contributed by atoms with Crippen LogP contribution in [0.15, 0.2) is 29.8 Å². The third-order valence-corrected chi connectivity index (χ3v) is 2.61. The summed E-state index contributed by atoms with van der Waals surface area (Å²) in [6, 6.07) is 4.19. The van der Waals surface area contributed by atoms with Crippen LogP contribution in [-0.4, -0.2) is 4.98 Å². The summed E-state index contributed by atoms with van der Waals surface area (Å²) < 4.78 is 12.7. The first-order valence-corrected chi connectivity index (χ1v) is 5.13. The largest absolute Gasteiger partial charge is 0.330 e. The van der Waals surface area contributed by atoms with E-state index in [-0.39, 0.29) is 5.82 Å². The third-order valence-electron chi connectivity index (χ3n) is 1.61. The fraction of sp³-hybridized carbons (Fsp3) is 0. The van der Waals surface area contributed by atoms with Gasteiger partial charge < -0.3 is 5.32 Å². The van der Waals surface area contributed by atoms with Gasteiger partial charge in [-0.2, -0.15) is 0 Å². The molecule has 2 rings (SSSR count). The minimum atomic E-state index is -0.348. The Labute approximate surface area is 89.4 Å². The Balaban J connectivity index is 2.25. The summed E-state index contributed by atoms with van der Waals surface area (Å²) in [4.78, 5) is 4.03. The van der Waals surface area contributed by atoms with Crippen molar-refractivity contribution in [3.8, 4) is 0 Å². The van der Waals surface area contributed by atoms with Crippen LogP contribution in [0.25, 0.3) is 0 Å². The summed E-state index contributed by atoms with van der Waals surface area (Å²) >= 11 is 7.28. The van der Waals surface area contributed by atoms with Crippen LogP contribution in [0, 0.1) is 5.82 Å². The van der Waals surface area contributed by atoms with Crippen molar-refractivity contribution < 1.29 is 4.39 Å². The molecule has 0 amide bonds. The van der Waals surface area contributed by atoms with Crippen molar-refractivity contribution in [3.63, 3.8) is 0 Å². The topological polar surface area (TPSA) is 24.9 Å². The fourth-order valence-corrected chi connectivity index (χ4v) is 1.75. The highest BCUT2D eigenvalue weighted by Gasteiger charge is 2.02. The van der Waals surface area contributed by atoms with Crippen molar-refractivity contribution in [3.05, 3.63) is 40.6 Å². The van der Waals surface area contributed by atoms with E-state index in [2.05, 4.69) is 10.3 Å². The van der Waals surface area contributed by atoms with Crippen LogP contribution >= 0.6 is 22.9 Å². The minimum absolute atomic E-state index is 0.347. The van der Waals surface area contributed by atoms with Crippen LogP contribution in [0.3, 0.4) is 0 Å². The van der Waals surface area contributed by atoms with Crippen molar-refractivity contribution in [2.45, 2.75) is 0 Å². The van der Waals surface area contributed by atoms with E-state index < -0.39 is 0 Å². The van der Waals surface area contributed by atoms with E-state index in [0.717, 1.165) is 5.13 Å². The Morgan fingerprint density at radius 1 is 1.43 bits per heavy atom. The van der Waals surface area contributed by atoms with E-state index in [4.69, 9.17) is 11.6 Å². The van der Waals surface area contributed by atoms with Crippen LogP contribution in [0.2, 0.25) is 5.02 Å². The smallest absolute Gasteiger partial charge is 0.187 e. The van der Waals surface area contributed by atoms with Gasteiger partial charge in [-0.3, -0.25) is 0 Å². The maximum absolute atomic E-state index is 12.7. The van der Waals surface area contributed by atoms with Gasteiger partial charge in [0, 0.05) is 11.6 Å². The van der Waals surface area contributed by atoms with Crippen molar-refractivity contribution in [1.82, 2.24) is 4.98 Å². The zero-order valence-corrected chi connectivity index (χ0v) is 8.57. The summed E-state index contributed by atoms with van der Waals surface area (Å²) in [6.07, 6.45) is 1.68. The number of aromatic nitrogens is 1. The molecule has 0 saturated heterocycles. The SMILES string of the molecule is Fc1ccc(Nc2nccs2)c(Cl)c1. The second-order valence-corrected chi connectivity index (χ2v) is 3.89. The van der Waals surface area contributed by atoms with Crippen molar-refractivity contribution in [2.24, 2.45) is 0 Å². The lowest BCUT2D eigenvalue weighted by Gasteiger charge is -2.04. The second kappa shape index (κ2) is 3.94. The molecule has 1 heterocycles. The molecule has 1 aromatic carbocycles. The Kier molecular flexibility index (Phi) is 2.65. The molecular formula is C9H6ClFN2S. The molecule has 1 N–H and O–H groups in total. The molecule has 2 nitrogen and oxygen atoms in total. The van der Waals surface area contributed by atoms with E-state index in [1.165, 1.54) is 23.5 Å². The minimum Gasteiger partial charge on any atom is -0.330 e. The molecule has 0 spiro atoms. The molecule has 2 aromatic rings. The lowest BCUT2D eigenvalue weighted by atomic mass is 10.3. The number of benzene rings is 1. The van der Waals surface area contributed by atoms with Crippen LogP contribution in [0.5, 0.6) is 0 Å². The molecular weight excluding hydrogens is 223 g/mol. The lowest BCUT2D eigenvalue weighted by Crippen LogP contribution is -1.90. The predicted octanol–water partition coefficient (Wildman–Crippen LogP) is 3.68. The van der Waals surface area contributed by atoms with Gasteiger partial charge in [-0.05, 0) is 18.2 Å².